The highest BCUT2D eigenvalue weighted by molar-refractivity contribution is 7.24. The van der Waals surface area contributed by atoms with E-state index in [1.54, 1.807) is 11.3 Å². The zero-order chi connectivity index (χ0) is 22.6. The molecule has 0 saturated heterocycles. The van der Waals surface area contributed by atoms with Gasteiger partial charge in [0.1, 0.15) is 0 Å². The molecule has 0 aliphatic heterocycles. The van der Waals surface area contributed by atoms with Gasteiger partial charge in [-0.1, -0.05) is 54.6 Å². The van der Waals surface area contributed by atoms with Crippen molar-refractivity contribution in [1.29, 1.82) is 0 Å². The van der Waals surface area contributed by atoms with E-state index >= 15 is 0 Å². The Hall–Kier alpha value is -2.83. The smallest absolute Gasteiger partial charge is 0.195 e. The number of benzene rings is 3. The van der Waals surface area contributed by atoms with E-state index in [-0.39, 0.29) is 18.6 Å². The van der Waals surface area contributed by atoms with Gasteiger partial charge in [0.25, 0.3) is 0 Å². The summed E-state index contributed by atoms with van der Waals surface area (Å²) in [6.07, 6.45) is 6.13. The molecule has 0 radical (unpaired) electrons. The van der Waals surface area contributed by atoms with E-state index in [0.717, 1.165) is 32.3 Å². The minimum atomic E-state index is -1.01. The van der Waals surface area contributed by atoms with Crippen LogP contribution in [0.2, 0.25) is 0 Å². The lowest BCUT2D eigenvalue weighted by Crippen LogP contribution is -2.47. The van der Waals surface area contributed by atoms with Crippen LogP contribution in [0, 0.1) is 0 Å². The first-order valence-corrected chi connectivity index (χ1v) is 11.5. The monoisotopic (exact) mass is 445 g/mol. The Bertz CT molecular complexity index is 1310. The lowest BCUT2D eigenvalue weighted by Gasteiger charge is -2.24. The second-order valence-corrected chi connectivity index (χ2v) is 9.37. The van der Waals surface area contributed by atoms with E-state index in [2.05, 4.69) is 30.4 Å². The van der Waals surface area contributed by atoms with Crippen molar-refractivity contribution in [2.75, 3.05) is 13.2 Å². The van der Waals surface area contributed by atoms with Gasteiger partial charge >= 0.3 is 0 Å². The van der Waals surface area contributed by atoms with Crippen LogP contribution in [-0.4, -0.2) is 29.0 Å². The molecule has 0 spiro atoms. The van der Waals surface area contributed by atoms with Crippen molar-refractivity contribution < 1.29 is 10.2 Å². The third-order valence-electron chi connectivity index (χ3n) is 5.81. The Labute approximate surface area is 191 Å². The molecule has 0 amide bonds. The molecule has 0 aliphatic carbocycles. The number of aliphatic hydroxyl groups is 2. The zero-order valence-corrected chi connectivity index (χ0v) is 18.6. The fraction of sp³-hybridized carbons (Fsp3) is 0.222. The minimum absolute atomic E-state index is 0.0266. The quantitative estimate of drug-likeness (QED) is 0.354. The fourth-order valence-electron chi connectivity index (χ4n) is 3.72. The molecule has 4 N–H and O–H groups in total. The fourth-order valence-corrected chi connectivity index (χ4v) is 4.82. The molecule has 4 nitrogen and oxygen atoms in total. The molecule has 164 valence electrons. The van der Waals surface area contributed by atoms with Gasteiger partial charge in [-0.25, -0.2) is 0 Å². The van der Waals surface area contributed by atoms with Crippen molar-refractivity contribution in [2.24, 2.45) is 5.73 Å². The molecule has 0 saturated carbocycles. The number of rotatable bonds is 8. The third kappa shape index (κ3) is 4.97. The Balaban J connectivity index is 1.59. The van der Waals surface area contributed by atoms with E-state index in [9.17, 15) is 15.0 Å². The maximum Gasteiger partial charge on any atom is 0.195 e. The molecule has 0 fully saturated rings. The first kappa shape index (κ1) is 22.4. The molecule has 3 aromatic carbocycles. The molecule has 0 atom stereocenters. The van der Waals surface area contributed by atoms with Gasteiger partial charge in [-0.15, -0.1) is 11.3 Å². The van der Waals surface area contributed by atoms with Gasteiger partial charge in [-0.2, -0.15) is 0 Å². The molecule has 0 aliphatic rings. The van der Waals surface area contributed by atoms with Gasteiger partial charge in [-0.3, -0.25) is 4.79 Å². The highest BCUT2D eigenvalue weighted by Crippen LogP contribution is 2.27. The molecule has 0 unspecified atom stereocenters. The van der Waals surface area contributed by atoms with Crippen molar-refractivity contribution in [1.82, 2.24) is 0 Å². The van der Waals surface area contributed by atoms with Gasteiger partial charge in [0.2, 0.25) is 0 Å². The second-order valence-electron chi connectivity index (χ2n) is 8.29. The summed E-state index contributed by atoms with van der Waals surface area (Å²) in [5.41, 5.74) is 8.31. The molecule has 1 aromatic heterocycles. The highest BCUT2D eigenvalue weighted by atomic mass is 32.1. The summed E-state index contributed by atoms with van der Waals surface area (Å²) in [6.45, 7) is -0.558. The molecule has 0 bridgehead atoms. The maximum atomic E-state index is 13.1. The topological polar surface area (TPSA) is 83.6 Å². The lowest BCUT2D eigenvalue weighted by atomic mass is 9.93. The van der Waals surface area contributed by atoms with Crippen LogP contribution in [-0.2, 0) is 12.8 Å². The van der Waals surface area contributed by atoms with Crippen LogP contribution in [0.3, 0.4) is 0 Å². The number of nitrogens with two attached hydrogens (primary N) is 1. The minimum Gasteiger partial charge on any atom is -0.394 e. The predicted molar refractivity (Wildman–Crippen MR) is 134 cm³/mol. The Morgan fingerprint density at radius 3 is 2.41 bits per heavy atom. The van der Waals surface area contributed by atoms with Gasteiger partial charge in [0.15, 0.2) is 5.43 Å². The Morgan fingerprint density at radius 2 is 1.66 bits per heavy atom. The number of hydrogen-bond acceptors (Lipinski definition) is 5. The molecule has 4 aromatic rings. The van der Waals surface area contributed by atoms with Crippen LogP contribution in [0.25, 0.3) is 26.2 Å². The van der Waals surface area contributed by atoms with Crippen molar-refractivity contribution in [2.45, 2.75) is 24.8 Å². The van der Waals surface area contributed by atoms with Crippen molar-refractivity contribution >= 4 is 37.6 Å². The average Bonchev–Trinajstić information content (AvgIpc) is 2.83. The molecule has 1 heterocycles. The molecular weight excluding hydrogens is 418 g/mol. The van der Waals surface area contributed by atoms with Crippen LogP contribution >= 0.6 is 11.3 Å². The summed E-state index contributed by atoms with van der Waals surface area (Å²) in [5.74, 6) is 0. The van der Waals surface area contributed by atoms with E-state index in [1.807, 2.05) is 48.5 Å². The maximum absolute atomic E-state index is 13.1. The predicted octanol–water partition coefficient (Wildman–Crippen LogP) is 4.29. The summed E-state index contributed by atoms with van der Waals surface area (Å²) in [6, 6.07) is 22.2. The first-order valence-electron chi connectivity index (χ1n) is 10.7. The van der Waals surface area contributed by atoms with E-state index in [1.165, 1.54) is 5.56 Å². The lowest BCUT2D eigenvalue weighted by molar-refractivity contribution is 0.115. The zero-order valence-electron chi connectivity index (χ0n) is 17.8. The summed E-state index contributed by atoms with van der Waals surface area (Å²) < 4.78 is 1.92. The number of aryl methyl sites for hydroxylation is 1. The number of aliphatic hydroxyl groups excluding tert-OH is 2. The third-order valence-corrected chi connectivity index (χ3v) is 6.94. The molecular formula is C27H27NO3S. The van der Waals surface area contributed by atoms with Gasteiger partial charge < -0.3 is 15.9 Å². The van der Waals surface area contributed by atoms with Crippen LogP contribution in [0.5, 0.6) is 0 Å². The standard InChI is InChI=1S/C27H27NO3S/c28-27(17-29,18-30)14-13-21-10-12-24-23(15-21)26(31)22-11-9-20(16-25(22)32-24)8-4-7-19-5-2-1-3-6-19/h1-6,8-12,15-16,29-30H,7,13-14,17-18,28H2. The summed E-state index contributed by atoms with van der Waals surface area (Å²) in [5, 5.41) is 20.2. The van der Waals surface area contributed by atoms with E-state index in [4.69, 9.17) is 5.73 Å². The van der Waals surface area contributed by atoms with Gasteiger partial charge in [-0.05, 0) is 60.2 Å². The van der Waals surface area contributed by atoms with Gasteiger partial charge in [0, 0.05) is 20.2 Å². The highest BCUT2D eigenvalue weighted by Gasteiger charge is 2.22. The molecule has 4 rings (SSSR count). The van der Waals surface area contributed by atoms with Crippen molar-refractivity contribution in [3.8, 4) is 0 Å². The number of allylic oxidation sites excluding steroid dienone is 1. The van der Waals surface area contributed by atoms with Crippen LogP contribution in [0.4, 0.5) is 0 Å². The Morgan fingerprint density at radius 1 is 0.875 bits per heavy atom. The average molecular weight is 446 g/mol. The second kappa shape index (κ2) is 9.76. The van der Waals surface area contributed by atoms with E-state index < -0.39 is 5.54 Å². The van der Waals surface area contributed by atoms with Gasteiger partial charge in [0.05, 0.1) is 18.8 Å². The number of hydrogen-bond donors (Lipinski definition) is 3. The molecule has 32 heavy (non-hydrogen) atoms. The summed E-state index contributed by atoms with van der Waals surface area (Å²) in [7, 11) is 0. The van der Waals surface area contributed by atoms with Crippen molar-refractivity contribution in [3.63, 3.8) is 0 Å². The molecule has 5 heteroatoms. The first-order chi connectivity index (χ1) is 15.5. The normalized spacial score (nSPS) is 12.2. The summed E-state index contributed by atoms with van der Waals surface area (Å²) in [4.78, 5) is 13.1. The number of fused-ring (bicyclic) bond motifs is 2. The van der Waals surface area contributed by atoms with E-state index in [0.29, 0.717) is 18.2 Å². The summed E-state index contributed by atoms with van der Waals surface area (Å²) >= 11 is 1.61. The SMILES string of the molecule is NC(CO)(CO)CCc1ccc2sc3cc(C=CCc4ccccc4)ccc3c(=O)c2c1. The van der Waals surface area contributed by atoms with Crippen LogP contribution < -0.4 is 11.2 Å². The van der Waals surface area contributed by atoms with Crippen LogP contribution in [0.15, 0.2) is 77.6 Å². The van der Waals surface area contributed by atoms with Crippen molar-refractivity contribution in [3.05, 3.63) is 99.7 Å². The Kier molecular flexibility index (Phi) is 6.82. The van der Waals surface area contributed by atoms with Crippen LogP contribution in [0.1, 0.15) is 23.1 Å². The largest absolute Gasteiger partial charge is 0.394 e.